The van der Waals surface area contributed by atoms with Crippen LogP contribution in [-0.4, -0.2) is 48.8 Å². The highest BCUT2D eigenvalue weighted by molar-refractivity contribution is 7.09. The average molecular weight is 412 g/mol. The highest BCUT2D eigenvalue weighted by atomic mass is 35.5. The van der Waals surface area contributed by atoms with Gasteiger partial charge in [-0.25, -0.2) is 14.6 Å². The lowest BCUT2D eigenvalue weighted by Crippen LogP contribution is -2.35. The van der Waals surface area contributed by atoms with Crippen molar-refractivity contribution in [2.75, 3.05) is 32.2 Å². The fourth-order valence-corrected chi connectivity index (χ4v) is 3.14. The van der Waals surface area contributed by atoms with Crippen LogP contribution < -0.4 is 5.32 Å². The second-order valence-corrected chi connectivity index (χ2v) is 6.93. The number of thiazole rings is 1. The van der Waals surface area contributed by atoms with Gasteiger partial charge in [-0.05, 0) is 37.6 Å². The Morgan fingerprint density at radius 2 is 2.04 bits per heavy atom. The van der Waals surface area contributed by atoms with Crippen LogP contribution in [-0.2, 0) is 16.0 Å². The van der Waals surface area contributed by atoms with Crippen molar-refractivity contribution < 1.29 is 19.1 Å². The zero-order valence-corrected chi connectivity index (χ0v) is 16.8. The molecule has 1 aromatic carbocycles. The number of rotatable bonds is 9. The fourth-order valence-electron chi connectivity index (χ4n) is 2.23. The largest absolute Gasteiger partial charge is 0.461 e. The Balaban J connectivity index is 2.05. The van der Waals surface area contributed by atoms with Crippen molar-refractivity contribution in [3.8, 4) is 0 Å². The number of hydrogen-bond donors (Lipinski definition) is 1. The van der Waals surface area contributed by atoms with Gasteiger partial charge in [-0.2, -0.15) is 0 Å². The number of halogens is 1. The van der Waals surface area contributed by atoms with Gasteiger partial charge < -0.3 is 19.7 Å². The topological polar surface area (TPSA) is 80.8 Å². The van der Waals surface area contributed by atoms with Crippen molar-refractivity contribution in [3.05, 3.63) is 45.4 Å². The number of anilines is 1. The summed E-state index contributed by atoms with van der Waals surface area (Å²) in [6, 6.07) is 6.62. The van der Waals surface area contributed by atoms with Crippen LogP contribution in [0.5, 0.6) is 0 Å². The van der Waals surface area contributed by atoms with Crippen LogP contribution in [0.2, 0.25) is 5.02 Å². The van der Waals surface area contributed by atoms with Gasteiger partial charge in [0.1, 0.15) is 5.01 Å². The van der Waals surface area contributed by atoms with E-state index in [0.29, 0.717) is 41.9 Å². The maximum Gasteiger partial charge on any atom is 0.357 e. The van der Waals surface area contributed by atoms with Gasteiger partial charge in [-0.3, -0.25) is 0 Å². The minimum absolute atomic E-state index is 0.256. The van der Waals surface area contributed by atoms with Gasteiger partial charge in [0.05, 0.1) is 13.2 Å². The fraction of sp³-hybridized carbons (Fsp3) is 0.389. The Labute approximate surface area is 167 Å². The van der Waals surface area contributed by atoms with Crippen LogP contribution in [0.1, 0.15) is 28.8 Å². The summed E-state index contributed by atoms with van der Waals surface area (Å²) in [5.74, 6) is -0.462. The van der Waals surface area contributed by atoms with Crippen molar-refractivity contribution in [2.24, 2.45) is 0 Å². The number of carbonyl (C=O) groups excluding carboxylic acids is 2. The van der Waals surface area contributed by atoms with Crippen LogP contribution in [0.25, 0.3) is 0 Å². The molecule has 0 aliphatic heterocycles. The maximum atomic E-state index is 12.7. The lowest BCUT2D eigenvalue weighted by atomic mass is 10.3. The summed E-state index contributed by atoms with van der Waals surface area (Å²) in [6.45, 7) is 3.34. The lowest BCUT2D eigenvalue weighted by Gasteiger charge is -2.22. The van der Waals surface area contributed by atoms with Crippen molar-refractivity contribution in [1.29, 1.82) is 0 Å². The summed E-state index contributed by atoms with van der Waals surface area (Å²) in [4.78, 5) is 30.3. The van der Waals surface area contributed by atoms with Gasteiger partial charge in [0.25, 0.3) is 0 Å². The van der Waals surface area contributed by atoms with Crippen LogP contribution in [0.3, 0.4) is 0 Å². The van der Waals surface area contributed by atoms with Crippen LogP contribution >= 0.6 is 22.9 Å². The standard InChI is InChI=1S/C18H22ClN3O4S/c1-3-26-17(23)15-12-27-16(21-15)11-22(9-4-10-25-2)18(24)20-14-7-5-13(19)6-8-14/h5-8,12H,3-4,9-11H2,1-2H3,(H,20,24). The molecule has 0 saturated carbocycles. The second kappa shape index (κ2) is 10.9. The summed E-state index contributed by atoms with van der Waals surface area (Å²) in [5.41, 5.74) is 0.902. The summed E-state index contributed by atoms with van der Waals surface area (Å²) in [6.07, 6.45) is 0.681. The first-order valence-corrected chi connectivity index (χ1v) is 9.71. The number of carbonyl (C=O) groups is 2. The minimum atomic E-state index is -0.462. The van der Waals surface area contributed by atoms with Gasteiger partial charge >= 0.3 is 12.0 Å². The molecule has 0 unspecified atom stereocenters. The molecule has 1 N–H and O–H groups in total. The van der Waals surface area contributed by atoms with E-state index in [-0.39, 0.29) is 18.3 Å². The highest BCUT2D eigenvalue weighted by Crippen LogP contribution is 2.17. The van der Waals surface area contributed by atoms with E-state index < -0.39 is 5.97 Å². The number of ether oxygens (including phenoxy) is 2. The van der Waals surface area contributed by atoms with Gasteiger partial charge in [-0.15, -0.1) is 11.3 Å². The molecule has 0 aliphatic rings. The van der Waals surface area contributed by atoms with Gasteiger partial charge in [0.2, 0.25) is 0 Å². The van der Waals surface area contributed by atoms with Gasteiger partial charge in [0, 0.05) is 36.4 Å². The number of hydrogen-bond acceptors (Lipinski definition) is 6. The number of urea groups is 1. The molecule has 0 bridgehead atoms. The Bertz CT molecular complexity index is 751. The predicted molar refractivity (Wildman–Crippen MR) is 105 cm³/mol. The summed E-state index contributed by atoms with van der Waals surface area (Å²) >= 11 is 7.19. The first kappa shape index (κ1) is 21.1. The zero-order chi connectivity index (χ0) is 19.6. The normalized spacial score (nSPS) is 10.5. The van der Waals surface area contributed by atoms with Crippen LogP contribution in [0.15, 0.2) is 29.6 Å². The SMILES string of the molecule is CCOC(=O)c1csc(CN(CCCOC)C(=O)Nc2ccc(Cl)cc2)n1. The maximum absolute atomic E-state index is 12.7. The lowest BCUT2D eigenvalue weighted by molar-refractivity contribution is 0.0520. The number of aromatic nitrogens is 1. The predicted octanol–water partition coefficient (Wildman–Crippen LogP) is 4.04. The van der Waals surface area contributed by atoms with Crippen LogP contribution in [0, 0.1) is 0 Å². The summed E-state index contributed by atoms with van der Waals surface area (Å²) < 4.78 is 10.0. The van der Waals surface area contributed by atoms with E-state index in [9.17, 15) is 9.59 Å². The van der Waals surface area contributed by atoms with E-state index in [0.717, 1.165) is 0 Å². The van der Waals surface area contributed by atoms with Crippen molar-refractivity contribution in [1.82, 2.24) is 9.88 Å². The van der Waals surface area contributed by atoms with E-state index >= 15 is 0 Å². The number of esters is 1. The zero-order valence-electron chi connectivity index (χ0n) is 15.2. The summed E-state index contributed by atoms with van der Waals surface area (Å²) in [5, 5.41) is 5.73. The van der Waals surface area contributed by atoms with Crippen molar-refractivity contribution in [2.45, 2.75) is 19.9 Å². The smallest absolute Gasteiger partial charge is 0.357 e. The molecule has 9 heteroatoms. The van der Waals surface area contributed by atoms with E-state index in [1.54, 1.807) is 48.6 Å². The number of methoxy groups -OCH3 is 1. The molecule has 7 nitrogen and oxygen atoms in total. The van der Waals surface area contributed by atoms with Crippen molar-refractivity contribution in [3.63, 3.8) is 0 Å². The molecule has 1 heterocycles. The molecule has 0 fully saturated rings. The van der Waals surface area contributed by atoms with E-state index in [2.05, 4.69) is 10.3 Å². The van der Waals surface area contributed by atoms with Gasteiger partial charge in [-0.1, -0.05) is 11.6 Å². The van der Waals surface area contributed by atoms with Crippen molar-refractivity contribution >= 4 is 40.6 Å². The average Bonchev–Trinajstić information content (AvgIpc) is 3.12. The number of amides is 2. The molecule has 2 rings (SSSR count). The molecule has 27 heavy (non-hydrogen) atoms. The molecule has 0 atom stereocenters. The molecule has 2 aromatic rings. The molecule has 2 amide bonds. The third-order valence-corrected chi connectivity index (χ3v) is 4.61. The number of benzene rings is 1. The first-order chi connectivity index (χ1) is 13.0. The number of nitrogens with one attached hydrogen (secondary N) is 1. The van der Waals surface area contributed by atoms with Gasteiger partial charge in [0.15, 0.2) is 5.69 Å². The molecule has 146 valence electrons. The second-order valence-electron chi connectivity index (χ2n) is 5.55. The third kappa shape index (κ3) is 6.82. The molecule has 0 saturated heterocycles. The van der Waals surface area contributed by atoms with E-state index in [1.807, 2.05) is 0 Å². The minimum Gasteiger partial charge on any atom is -0.461 e. The molecular formula is C18H22ClN3O4S. The molecular weight excluding hydrogens is 390 g/mol. The molecule has 1 aromatic heterocycles. The molecule has 0 aliphatic carbocycles. The van der Waals surface area contributed by atoms with E-state index in [1.165, 1.54) is 11.3 Å². The van der Waals surface area contributed by atoms with Crippen LogP contribution in [0.4, 0.5) is 10.5 Å². The Hall–Kier alpha value is -2.16. The monoisotopic (exact) mass is 411 g/mol. The van der Waals surface area contributed by atoms with E-state index in [4.69, 9.17) is 21.1 Å². The Morgan fingerprint density at radius 1 is 1.30 bits per heavy atom. The first-order valence-electron chi connectivity index (χ1n) is 8.45. The molecule has 0 spiro atoms. The Kier molecular flexibility index (Phi) is 8.50. The highest BCUT2D eigenvalue weighted by Gasteiger charge is 2.18. The quantitative estimate of drug-likeness (QED) is 0.497. The summed E-state index contributed by atoms with van der Waals surface area (Å²) in [7, 11) is 1.62. The molecule has 0 radical (unpaired) electrons. The Morgan fingerprint density at radius 3 is 2.70 bits per heavy atom. The third-order valence-electron chi connectivity index (χ3n) is 3.52. The number of nitrogens with zero attached hydrogens (tertiary/aromatic N) is 2.